The number of hydrogen-bond acceptors (Lipinski definition) is 8. The molecular formula is C22H23N3O8. The number of hydrogen-bond donors (Lipinski definition) is 2. The predicted molar refractivity (Wildman–Crippen MR) is 117 cm³/mol. The molecule has 0 unspecified atom stereocenters. The first-order valence-corrected chi connectivity index (χ1v) is 10.2. The number of nitrogens with one attached hydrogen (secondary N) is 2. The van der Waals surface area contributed by atoms with Crippen LogP contribution in [0.5, 0.6) is 11.5 Å². The molecule has 0 aliphatic carbocycles. The monoisotopic (exact) mass is 457 g/mol. The van der Waals surface area contributed by atoms with Crippen LogP contribution in [0.1, 0.15) is 13.8 Å². The molecule has 0 bridgehead atoms. The molecule has 0 aliphatic heterocycles. The average molecular weight is 457 g/mol. The van der Waals surface area contributed by atoms with Gasteiger partial charge in [0.2, 0.25) is 0 Å². The molecule has 0 atom stereocenters. The Hall–Kier alpha value is -4.28. The molecule has 0 saturated carbocycles. The van der Waals surface area contributed by atoms with E-state index >= 15 is 0 Å². The molecule has 2 N–H and O–H groups in total. The second kappa shape index (κ2) is 10.8. The van der Waals surface area contributed by atoms with E-state index in [1.165, 1.54) is 0 Å². The summed E-state index contributed by atoms with van der Waals surface area (Å²) in [5.41, 5.74) is 1.12. The number of para-hydroxylation sites is 2. The van der Waals surface area contributed by atoms with Gasteiger partial charge in [0, 0.05) is 11.8 Å². The van der Waals surface area contributed by atoms with Crippen molar-refractivity contribution in [1.29, 1.82) is 0 Å². The summed E-state index contributed by atoms with van der Waals surface area (Å²) in [6.07, 6.45) is 0. The minimum Gasteiger partial charge on any atom is -0.490 e. The lowest BCUT2D eigenvalue weighted by molar-refractivity contribution is -0.148. The number of carbonyl (C=O) groups excluding carboxylic acids is 3. The standard InChI is InChI=1S/C22H23N3O8/c1-3-30-17-10-9-14(11-18(17)31-4-2)23-21(28)24-19(26)13-32-20(27)12-25-15-7-5-6-8-16(15)33-22(25)29/h5-11H,3-4,12-13H2,1-2H3,(H2,23,24,26,28). The topological polar surface area (TPSA) is 138 Å². The van der Waals surface area contributed by atoms with Gasteiger partial charge in [-0.3, -0.25) is 19.5 Å². The Morgan fingerprint density at radius 1 is 1.00 bits per heavy atom. The van der Waals surface area contributed by atoms with Gasteiger partial charge in [-0.25, -0.2) is 9.59 Å². The van der Waals surface area contributed by atoms with Crippen LogP contribution in [-0.2, 0) is 20.9 Å². The molecular weight excluding hydrogens is 434 g/mol. The number of imide groups is 1. The molecule has 174 valence electrons. The highest BCUT2D eigenvalue weighted by Gasteiger charge is 2.16. The van der Waals surface area contributed by atoms with E-state index in [0.29, 0.717) is 41.5 Å². The van der Waals surface area contributed by atoms with E-state index in [1.54, 1.807) is 42.5 Å². The Morgan fingerprint density at radius 2 is 1.73 bits per heavy atom. The number of ether oxygens (including phenoxy) is 3. The largest absolute Gasteiger partial charge is 0.490 e. The van der Waals surface area contributed by atoms with Gasteiger partial charge in [-0.05, 0) is 38.1 Å². The van der Waals surface area contributed by atoms with Crippen LogP contribution in [0.2, 0.25) is 0 Å². The Kier molecular flexibility index (Phi) is 7.68. The lowest BCUT2D eigenvalue weighted by Crippen LogP contribution is -2.37. The van der Waals surface area contributed by atoms with Crippen molar-refractivity contribution in [3.05, 3.63) is 53.0 Å². The van der Waals surface area contributed by atoms with Gasteiger partial charge in [0.1, 0.15) is 6.54 Å². The summed E-state index contributed by atoms with van der Waals surface area (Å²) >= 11 is 0. The van der Waals surface area contributed by atoms with Gasteiger partial charge in [-0.15, -0.1) is 0 Å². The molecule has 33 heavy (non-hydrogen) atoms. The number of esters is 1. The van der Waals surface area contributed by atoms with Crippen molar-refractivity contribution >= 4 is 34.7 Å². The summed E-state index contributed by atoms with van der Waals surface area (Å²) < 4.78 is 21.9. The molecule has 11 nitrogen and oxygen atoms in total. The molecule has 3 amide bonds. The highest BCUT2D eigenvalue weighted by molar-refractivity contribution is 6.02. The fraction of sp³-hybridized carbons (Fsp3) is 0.273. The fourth-order valence-electron chi connectivity index (χ4n) is 2.94. The van der Waals surface area contributed by atoms with Crippen LogP contribution in [0.3, 0.4) is 0 Å². The number of amides is 3. The van der Waals surface area contributed by atoms with Crippen LogP contribution in [-0.4, -0.2) is 42.3 Å². The molecule has 0 aliphatic rings. The van der Waals surface area contributed by atoms with Gasteiger partial charge in [0.15, 0.2) is 23.7 Å². The van der Waals surface area contributed by atoms with Crippen molar-refractivity contribution in [1.82, 2.24) is 9.88 Å². The Labute approximate surface area is 188 Å². The molecule has 0 saturated heterocycles. The first-order valence-electron chi connectivity index (χ1n) is 10.2. The number of rotatable bonds is 9. The van der Waals surface area contributed by atoms with E-state index in [2.05, 4.69) is 5.32 Å². The number of fused-ring (bicyclic) bond motifs is 1. The first kappa shape index (κ1) is 23.4. The van der Waals surface area contributed by atoms with Gasteiger partial charge in [0.05, 0.1) is 18.7 Å². The van der Waals surface area contributed by atoms with Crippen LogP contribution in [0.25, 0.3) is 11.1 Å². The van der Waals surface area contributed by atoms with E-state index < -0.39 is 36.8 Å². The van der Waals surface area contributed by atoms with Crippen molar-refractivity contribution in [3.63, 3.8) is 0 Å². The molecule has 0 spiro atoms. The normalized spacial score (nSPS) is 10.5. The van der Waals surface area contributed by atoms with Gasteiger partial charge in [-0.2, -0.15) is 0 Å². The van der Waals surface area contributed by atoms with Gasteiger partial charge >= 0.3 is 17.8 Å². The summed E-state index contributed by atoms with van der Waals surface area (Å²) in [5.74, 6) is -1.44. The van der Waals surface area contributed by atoms with Crippen molar-refractivity contribution in [2.75, 3.05) is 25.1 Å². The van der Waals surface area contributed by atoms with Crippen molar-refractivity contribution < 1.29 is 33.0 Å². The molecule has 3 aromatic rings. The van der Waals surface area contributed by atoms with Gasteiger partial charge in [-0.1, -0.05) is 12.1 Å². The zero-order valence-electron chi connectivity index (χ0n) is 18.1. The predicted octanol–water partition coefficient (Wildman–Crippen LogP) is 2.28. The Balaban J connectivity index is 1.50. The van der Waals surface area contributed by atoms with Crippen LogP contribution >= 0.6 is 0 Å². The zero-order chi connectivity index (χ0) is 23.8. The molecule has 2 aromatic carbocycles. The summed E-state index contributed by atoms with van der Waals surface area (Å²) in [7, 11) is 0. The minimum absolute atomic E-state index is 0.325. The summed E-state index contributed by atoms with van der Waals surface area (Å²) in [6.45, 7) is 3.36. The lowest BCUT2D eigenvalue weighted by Gasteiger charge is -2.13. The molecule has 0 fully saturated rings. The van der Waals surface area contributed by atoms with Crippen LogP contribution in [0, 0.1) is 0 Å². The second-order valence-corrected chi connectivity index (χ2v) is 6.61. The number of urea groups is 1. The first-order chi connectivity index (χ1) is 15.9. The van der Waals surface area contributed by atoms with E-state index in [1.807, 2.05) is 19.2 Å². The van der Waals surface area contributed by atoms with Gasteiger partial charge in [0.25, 0.3) is 5.91 Å². The fourth-order valence-corrected chi connectivity index (χ4v) is 2.94. The molecule has 3 rings (SSSR count). The number of nitrogens with zero attached hydrogens (tertiary/aromatic N) is 1. The van der Waals surface area contributed by atoms with Crippen molar-refractivity contribution in [2.24, 2.45) is 0 Å². The number of aromatic nitrogens is 1. The number of oxazole rings is 1. The van der Waals surface area contributed by atoms with Crippen LogP contribution < -0.4 is 25.9 Å². The lowest BCUT2D eigenvalue weighted by atomic mass is 10.2. The SMILES string of the molecule is CCOc1ccc(NC(=O)NC(=O)COC(=O)Cn2c(=O)oc3ccccc32)cc1OCC. The molecule has 1 heterocycles. The number of carbonyl (C=O) groups is 3. The Bertz CT molecular complexity index is 1210. The highest BCUT2D eigenvalue weighted by atomic mass is 16.5. The third-order valence-electron chi connectivity index (χ3n) is 4.28. The maximum atomic E-state index is 12.1. The van der Waals surface area contributed by atoms with Crippen LogP contribution in [0.15, 0.2) is 51.7 Å². The van der Waals surface area contributed by atoms with Crippen molar-refractivity contribution in [2.45, 2.75) is 20.4 Å². The second-order valence-electron chi connectivity index (χ2n) is 6.61. The Morgan fingerprint density at radius 3 is 2.48 bits per heavy atom. The number of anilines is 1. The molecule has 11 heteroatoms. The smallest absolute Gasteiger partial charge is 0.420 e. The zero-order valence-corrected chi connectivity index (χ0v) is 18.1. The van der Waals surface area contributed by atoms with Gasteiger partial charge < -0.3 is 23.9 Å². The van der Waals surface area contributed by atoms with E-state index in [4.69, 9.17) is 18.6 Å². The highest BCUT2D eigenvalue weighted by Crippen LogP contribution is 2.30. The number of benzene rings is 2. The average Bonchev–Trinajstić information content (AvgIpc) is 3.09. The molecule has 0 radical (unpaired) electrons. The third-order valence-corrected chi connectivity index (χ3v) is 4.28. The summed E-state index contributed by atoms with van der Waals surface area (Å²) in [6, 6.07) is 10.5. The van der Waals surface area contributed by atoms with Crippen LogP contribution in [0.4, 0.5) is 10.5 Å². The third kappa shape index (κ3) is 6.12. The summed E-state index contributed by atoms with van der Waals surface area (Å²) in [4.78, 5) is 48.0. The van der Waals surface area contributed by atoms with E-state index in [9.17, 15) is 19.2 Å². The minimum atomic E-state index is -0.846. The maximum absolute atomic E-state index is 12.1. The van der Waals surface area contributed by atoms with Crippen molar-refractivity contribution in [3.8, 4) is 11.5 Å². The van der Waals surface area contributed by atoms with E-state index in [-0.39, 0.29) is 0 Å². The van der Waals surface area contributed by atoms with E-state index in [0.717, 1.165) is 4.57 Å². The quantitative estimate of drug-likeness (QED) is 0.467. The maximum Gasteiger partial charge on any atom is 0.420 e. The summed E-state index contributed by atoms with van der Waals surface area (Å²) in [5, 5.41) is 4.54. The molecule has 1 aromatic heterocycles.